The first-order valence-corrected chi connectivity index (χ1v) is 6.68. The lowest BCUT2D eigenvalue weighted by Crippen LogP contribution is -2.34. The Balaban J connectivity index is 2.06. The van der Waals surface area contributed by atoms with Crippen molar-refractivity contribution in [2.75, 3.05) is 19.7 Å². The molecule has 3 unspecified atom stereocenters. The van der Waals surface area contributed by atoms with E-state index in [2.05, 4.69) is 18.2 Å². The molecule has 0 aromatic rings. The fourth-order valence-electron chi connectivity index (χ4n) is 2.25. The summed E-state index contributed by atoms with van der Waals surface area (Å²) in [5, 5.41) is 12.8. The van der Waals surface area contributed by atoms with E-state index in [1.54, 1.807) is 0 Å². The molecule has 2 N–H and O–H groups in total. The van der Waals surface area contributed by atoms with Crippen LogP contribution in [0.3, 0.4) is 0 Å². The molecule has 0 radical (unpaired) electrons. The van der Waals surface area contributed by atoms with Gasteiger partial charge in [-0.25, -0.2) is 0 Å². The second-order valence-corrected chi connectivity index (χ2v) is 4.95. The van der Waals surface area contributed by atoms with Gasteiger partial charge < -0.3 is 15.2 Å². The molecular formula is C14H25NO2. The van der Waals surface area contributed by atoms with Crippen LogP contribution in [0.4, 0.5) is 0 Å². The van der Waals surface area contributed by atoms with Crippen molar-refractivity contribution in [1.82, 2.24) is 5.32 Å². The fourth-order valence-corrected chi connectivity index (χ4v) is 2.25. The van der Waals surface area contributed by atoms with Gasteiger partial charge in [-0.05, 0) is 18.8 Å². The van der Waals surface area contributed by atoms with Crippen molar-refractivity contribution in [2.24, 2.45) is 5.92 Å². The summed E-state index contributed by atoms with van der Waals surface area (Å²) in [6.07, 6.45) is 10.7. The SMILES string of the molecule is C#CCCNCC(O)COC1CCCCC1C. The minimum atomic E-state index is -0.429. The average Bonchev–Trinajstić information content (AvgIpc) is 2.34. The van der Waals surface area contributed by atoms with Crippen LogP contribution in [0.15, 0.2) is 0 Å². The molecule has 0 aromatic heterocycles. The van der Waals surface area contributed by atoms with Crippen LogP contribution in [-0.4, -0.2) is 37.0 Å². The number of terminal acetylenes is 1. The predicted octanol–water partition coefficient (Wildman–Crippen LogP) is 1.56. The summed E-state index contributed by atoms with van der Waals surface area (Å²) in [7, 11) is 0. The molecule has 0 aromatic carbocycles. The number of rotatable bonds is 7. The number of aliphatic hydroxyl groups excluding tert-OH is 1. The van der Waals surface area contributed by atoms with E-state index in [1.807, 2.05) is 0 Å². The van der Waals surface area contributed by atoms with Crippen LogP contribution in [0.2, 0.25) is 0 Å². The second-order valence-electron chi connectivity index (χ2n) is 4.95. The number of nitrogens with one attached hydrogen (secondary N) is 1. The lowest BCUT2D eigenvalue weighted by atomic mass is 9.88. The Morgan fingerprint density at radius 1 is 1.47 bits per heavy atom. The Labute approximate surface area is 105 Å². The highest BCUT2D eigenvalue weighted by Crippen LogP contribution is 2.26. The standard InChI is InChI=1S/C14H25NO2/c1-3-4-9-15-10-13(16)11-17-14-8-6-5-7-12(14)2/h1,12-16H,4-11H2,2H3. The average molecular weight is 239 g/mol. The molecule has 0 aliphatic heterocycles. The Bertz CT molecular complexity index is 237. The zero-order chi connectivity index (χ0) is 12.5. The molecule has 0 saturated heterocycles. The smallest absolute Gasteiger partial charge is 0.0897 e. The largest absolute Gasteiger partial charge is 0.389 e. The summed E-state index contributed by atoms with van der Waals surface area (Å²) in [5.74, 6) is 3.19. The molecule has 1 aliphatic carbocycles. The molecule has 3 nitrogen and oxygen atoms in total. The maximum absolute atomic E-state index is 9.73. The summed E-state index contributed by atoms with van der Waals surface area (Å²) in [4.78, 5) is 0. The van der Waals surface area contributed by atoms with E-state index >= 15 is 0 Å². The van der Waals surface area contributed by atoms with Gasteiger partial charge >= 0.3 is 0 Å². The van der Waals surface area contributed by atoms with Gasteiger partial charge in [0, 0.05) is 19.5 Å². The van der Waals surface area contributed by atoms with Crippen LogP contribution < -0.4 is 5.32 Å². The zero-order valence-corrected chi connectivity index (χ0v) is 10.8. The molecule has 1 aliphatic rings. The van der Waals surface area contributed by atoms with E-state index in [9.17, 15) is 5.11 Å². The van der Waals surface area contributed by atoms with Crippen LogP contribution in [0.5, 0.6) is 0 Å². The Morgan fingerprint density at radius 2 is 2.24 bits per heavy atom. The van der Waals surface area contributed by atoms with Gasteiger partial charge in [0.15, 0.2) is 0 Å². The van der Waals surface area contributed by atoms with Crippen LogP contribution in [-0.2, 0) is 4.74 Å². The first-order chi connectivity index (χ1) is 8.24. The Hall–Kier alpha value is -0.560. The van der Waals surface area contributed by atoms with Crippen molar-refractivity contribution in [3.8, 4) is 12.3 Å². The molecule has 3 heteroatoms. The quantitative estimate of drug-likeness (QED) is 0.523. The van der Waals surface area contributed by atoms with Crippen molar-refractivity contribution in [3.05, 3.63) is 0 Å². The molecule has 98 valence electrons. The third-order valence-corrected chi connectivity index (χ3v) is 3.36. The number of ether oxygens (including phenoxy) is 1. The normalized spacial score (nSPS) is 26.4. The van der Waals surface area contributed by atoms with E-state index in [0.29, 0.717) is 31.6 Å². The topological polar surface area (TPSA) is 41.5 Å². The van der Waals surface area contributed by atoms with Gasteiger partial charge in [-0.2, -0.15) is 0 Å². The van der Waals surface area contributed by atoms with E-state index in [-0.39, 0.29) is 0 Å². The number of aliphatic hydroxyl groups is 1. The molecule has 1 fully saturated rings. The maximum Gasteiger partial charge on any atom is 0.0897 e. The van der Waals surface area contributed by atoms with Gasteiger partial charge in [-0.15, -0.1) is 12.3 Å². The molecule has 1 rings (SSSR count). The fraction of sp³-hybridized carbons (Fsp3) is 0.857. The van der Waals surface area contributed by atoms with Crippen molar-refractivity contribution in [3.63, 3.8) is 0 Å². The minimum Gasteiger partial charge on any atom is -0.389 e. The van der Waals surface area contributed by atoms with Gasteiger partial charge in [-0.3, -0.25) is 0 Å². The van der Waals surface area contributed by atoms with Gasteiger partial charge in [0.05, 0.1) is 18.8 Å². The van der Waals surface area contributed by atoms with Gasteiger partial charge in [0.1, 0.15) is 0 Å². The van der Waals surface area contributed by atoms with Crippen molar-refractivity contribution in [2.45, 2.75) is 51.2 Å². The van der Waals surface area contributed by atoms with Crippen LogP contribution in [0.25, 0.3) is 0 Å². The molecule has 0 spiro atoms. The highest BCUT2D eigenvalue weighted by Gasteiger charge is 2.22. The van der Waals surface area contributed by atoms with E-state index in [4.69, 9.17) is 11.2 Å². The van der Waals surface area contributed by atoms with Crippen molar-refractivity contribution in [1.29, 1.82) is 0 Å². The number of hydrogen-bond donors (Lipinski definition) is 2. The summed E-state index contributed by atoms with van der Waals surface area (Å²) in [6.45, 7) is 3.98. The summed E-state index contributed by atoms with van der Waals surface area (Å²) >= 11 is 0. The second kappa shape index (κ2) is 8.52. The molecule has 0 heterocycles. The Kier molecular flexibility index (Phi) is 7.27. The van der Waals surface area contributed by atoms with E-state index < -0.39 is 6.10 Å². The van der Waals surface area contributed by atoms with Gasteiger partial charge in [0.2, 0.25) is 0 Å². The Morgan fingerprint density at radius 3 is 2.94 bits per heavy atom. The highest BCUT2D eigenvalue weighted by atomic mass is 16.5. The van der Waals surface area contributed by atoms with Crippen LogP contribution in [0.1, 0.15) is 39.0 Å². The van der Waals surface area contributed by atoms with Crippen molar-refractivity contribution < 1.29 is 9.84 Å². The lowest BCUT2D eigenvalue weighted by molar-refractivity contribution is -0.0450. The van der Waals surface area contributed by atoms with Gasteiger partial charge in [-0.1, -0.05) is 19.8 Å². The third-order valence-electron chi connectivity index (χ3n) is 3.36. The molecule has 17 heavy (non-hydrogen) atoms. The minimum absolute atomic E-state index is 0.337. The molecule has 0 amide bonds. The molecular weight excluding hydrogens is 214 g/mol. The van der Waals surface area contributed by atoms with Crippen molar-refractivity contribution >= 4 is 0 Å². The van der Waals surface area contributed by atoms with E-state index in [1.165, 1.54) is 19.3 Å². The first-order valence-electron chi connectivity index (χ1n) is 6.68. The zero-order valence-electron chi connectivity index (χ0n) is 10.8. The highest BCUT2D eigenvalue weighted by molar-refractivity contribution is 4.84. The molecule has 1 saturated carbocycles. The van der Waals surface area contributed by atoms with Gasteiger partial charge in [0.25, 0.3) is 0 Å². The number of hydrogen-bond acceptors (Lipinski definition) is 3. The first kappa shape index (κ1) is 14.5. The maximum atomic E-state index is 9.73. The monoisotopic (exact) mass is 239 g/mol. The molecule has 3 atom stereocenters. The molecule has 0 bridgehead atoms. The van der Waals surface area contributed by atoms with Crippen LogP contribution in [0, 0.1) is 18.3 Å². The summed E-state index contributed by atoms with van der Waals surface area (Å²) < 4.78 is 5.78. The summed E-state index contributed by atoms with van der Waals surface area (Å²) in [5.41, 5.74) is 0. The third kappa shape index (κ3) is 6.07. The van der Waals surface area contributed by atoms with Crippen LogP contribution >= 0.6 is 0 Å². The van der Waals surface area contributed by atoms with E-state index in [0.717, 1.165) is 13.0 Å². The lowest BCUT2D eigenvalue weighted by Gasteiger charge is -2.29. The summed E-state index contributed by atoms with van der Waals surface area (Å²) in [6, 6.07) is 0. The predicted molar refractivity (Wildman–Crippen MR) is 69.7 cm³/mol.